The highest BCUT2D eigenvalue weighted by Gasteiger charge is 2.28. The molecule has 1 aliphatic heterocycles. The maximum absolute atomic E-state index is 12.1. The SMILES string of the molecule is Cc1ccn2cc(C(=O)NCC3CCS(=O)(=O)C3)nc2c1. The molecule has 0 spiro atoms. The number of rotatable bonds is 3. The number of carbonyl (C=O) groups excluding carboxylic acids is 1. The van der Waals surface area contributed by atoms with Gasteiger partial charge in [-0.25, -0.2) is 13.4 Å². The van der Waals surface area contributed by atoms with Crippen LogP contribution in [-0.4, -0.2) is 41.8 Å². The number of fused-ring (bicyclic) bond motifs is 1. The van der Waals surface area contributed by atoms with Crippen LogP contribution in [-0.2, 0) is 9.84 Å². The highest BCUT2D eigenvalue weighted by molar-refractivity contribution is 7.91. The summed E-state index contributed by atoms with van der Waals surface area (Å²) in [5.74, 6) is 0.137. The van der Waals surface area contributed by atoms with Crippen LogP contribution in [0.4, 0.5) is 0 Å². The number of imidazole rings is 1. The lowest BCUT2D eigenvalue weighted by atomic mass is 10.1. The zero-order valence-electron chi connectivity index (χ0n) is 11.7. The molecular weight excluding hydrogens is 290 g/mol. The minimum atomic E-state index is -2.90. The van der Waals surface area contributed by atoms with Gasteiger partial charge in [-0.05, 0) is 37.0 Å². The molecule has 21 heavy (non-hydrogen) atoms. The van der Waals surface area contributed by atoms with Crippen molar-refractivity contribution in [2.24, 2.45) is 5.92 Å². The summed E-state index contributed by atoms with van der Waals surface area (Å²) >= 11 is 0. The lowest BCUT2D eigenvalue weighted by molar-refractivity contribution is 0.0944. The first kappa shape index (κ1) is 14.1. The van der Waals surface area contributed by atoms with Crippen LogP contribution in [0.15, 0.2) is 24.5 Å². The van der Waals surface area contributed by atoms with Crippen molar-refractivity contribution >= 4 is 21.4 Å². The standard InChI is InChI=1S/C14H17N3O3S/c1-10-2-4-17-8-12(16-13(17)6-10)14(18)15-7-11-3-5-21(19,20)9-11/h2,4,6,8,11H,3,5,7,9H2,1H3,(H,15,18). The number of sulfone groups is 1. The number of hydrogen-bond donors (Lipinski definition) is 1. The second kappa shape index (κ2) is 5.14. The van der Waals surface area contributed by atoms with Crippen molar-refractivity contribution in [1.82, 2.24) is 14.7 Å². The van der Waals surface area contributed by atoms with Crippen LogP contribution in [0, 0.1) is 12.8 Å². The third kappa shape index (κ3) is 3.07. The summed E-state index contributed by atoms with van der Waals surface area (Å²) < 4.78 is 24.5. The fourth-order valence-electron chi connectivity index (χ4n) is 2.55. The number of aryl methyl sites for hydroxylation is 1. The van der Waals surface area contributed by atoms with Crippen LogP contribution in [0.1, 0.15) is 22.5 Å². The molecule has 3 rings (SSSR count). The molecule has 0 aliphatic carbocycles. The Kier molecular flexibility index (Phi) is 3.44. The van der Waals surface area contributed by atoms with Crippen molar-refractivity contribution in [2.75, 3.05) is 18.1 Å². The first-order valence-corrected chi connectivity index (χ1v) is 8.69. The molecule has 6 nitrogen and oxygen atoms in total. The molecule has 1 atom stereocenters. The Morgan fingerprint density at radius 2 is 2.33 bits per heavy atom. The average molecular weight is 307 g/mol. The number of hydrogen-bond acceptors (Lipinski definition) is 4. The summed E-state index contributed by atoms with van der Waals surface area (Å²) in [6.07, 6.45) is 4.15. The number of amides is 1. The molecule has 0 aromatic carbocycles. The fourth-order valence-corrected chi connectivity index (χ4v) is 4.42. The molecule has 0 bridgehead atoms. The second-order valence-electron chi connectivity index (χ2n) is 5.57. The molecule has 0 radical (unpaired) electrons. The molecule has 0 saturated carbocycles. The summed E-state index contributed by atoms with van der Waals surface area (Å²) in [6, 6.07) is 3.85. The normalized spacial score (nSPS) is 20.7. The third-order valence-corrected chi connectivity index (χ3v) is 5.56. The monoisotopic (exact) mass is 307 g/mol. The number of carbonyl (C=O) groups is 1. The molecule has 1 aliphatic rings. The molecule has 1 fully saturated rings. The van der Waals surface area contributed by atoms with Gasteiger partial charge in [0.05, 0.1) is 11.5 Å². The van der Waals surface area contributed by atoms with Gasteiger partial charge in [-0.15, -0.1) is 0 Å². The van der Waals surface area contributed by atoms with E-state index in [9.17, 15) is 13.2 Å². The van der Waals surface area contributed by atoms with E-state index in [0.29, 0.717) is 18.7 Å². The van der Waals surface area contributed by atoms with Gasteiger partial charge in [0, 0.05) is 18.9 Å². The molecule has 2 aromatic rings. The Hall–Kier alpha value is -1.89. The van der Waals surface area contributed by atoms with E-state index in [1.165, 1.54) is 0 Å². The Morgan fingerprint density at radius 3 is 3.05 bits per heavy atom. The van der Waals surface area contributed by atoms with Crippen molar-refractivity contribution < 1.29 is 13.2 Å². The molecule has 112 valence electrons. The van der Waals surface area contributed by atoms with Gasteiger partial charge in [-0.3, -0.25) is 4.79 Å². The van der Waals surface area contributed by atoms with Gasteiger partial charge >= 0.3 is 0 Å². The molecule has 1 amide bonds. The first-order valence-electron chi connectivity index (χ1n) is 6.87. The van der Waals surface area contributed by atoms with E-state index in [0.717, 1.165) is 11.2 Å². The third-order valence-electron chi connectivity index (χ3n) is 3.73. The van der Waals surface area contributed by atoms with E-state index < -0.39 is 9.84 Å². The van der Waals surface area contributed by atoms with Crippen molar-refractivity contribution in [1.29, 1.82) is 0 Å². The van der Waals surface area contributed by atoms with E-state index in [2.05, 4.69) is 10.3 Å². The predicted octanol–water partition coefficient (Wildman–Crippen LogP) is 0.807. The van der Waals surface area contributed by atoms with Crippen molar-refractivity contribution in [3.63, 3.8) is 0 Å². The Bertz CT molecular complexity index is 795. The second-order valence-corrected chi connectivity index (χ2v) is 7.80. The van der Waals surface area contributed by atoms with Crippen LogP contribution in [0.5, 0.6) is 0 Å². The van der Waals surface area contributed by atoms with Crippen molar-refractivity contribution in [3.8, 4) is 0 Å². The van der Waals surface area contributed by atoms with E-state index >= 15 is 0 Å². The largest absolute Gasteiger partial charge is 0.350 e. The van der Waals surface area contributed by atoms with Gasteiger partial charge in [-0.1, -0.05) is 0 Å². The van der Waals surface area contributed by atoms with Gasteiger partial charge in [0.15, 0.2) is 9.84 Å². The summed E-state index contributed by atoms with van der Waals surface area (Å²) in [7, 11) is -2.90. The van der Waals surface area contributed by atoms with E-state index in [1.807, 2.05) is 25.3 Å². The van der Waals surface area contributed by atoms with E-state index in [-0.39, 0.29) is 23.3 Å². The molecule has 1 N–H and O–H groups in total. The highest BCUT2D eigenvalue weighted by Crippen LogP contribution is 2.17. The molecule has 1 unspecified atom stereocenters. The average Bonchev–Trinajstić information content (AvgIpc) is 2.98. The zero-order valence-corrected chi connectivity index (χ0v) is 12.6. The minimum Gasteiger partial charge on any atom is -0.350 e. The maximum Gasteiger partial charge on any atom is 0.271 e. The first-order chi connectivity index (χ1) is 9.93. The van der Waals surface area contributed by atoms with Crippen molar-refractivity contribution in [3.05, 3.63) is 35.8 Å². The molecule has 7 heteroatoms. The molecular formula is C14H17N3O3S. The van der Waals surface area contributed by atoms with Gasteiger partial charge in [-0.2, -0.15) is 0 Å². The highest BCUT2D eigenvalue weighted by atomic mass is 32.2. The quantitative estimate of drug-likeness (QED) is 0.910. The lowest BCUT2D eigenvalue weighted by Gasteiger charge is -2.07. The lowest BCUT2D eigenvalue weighted by Crippen LogP contribution is -2.30. The minimum absolute atomic E-state index is 0.0122. The van der Waals surface area contributed by atoms with Crippen LogP contribution < -0.4 is 5.32 Å². The van der Waals surface area contributed by atoms with Crippen molar-refractivity contribution in [2.45, 2.75) is 13.3 Å². The summed E-state index contributed by atoms with van der Waals surface area (Å²) in [5.41, 5.74) is 2.15. The number of nitrogens with zero attached hydrogens (tertiary/aromatic N) is 2. The summed E-state index contributed by atoms with van der Waals surface area (Å²) in [4.78, 5) is 16.4. The Morgan fingerprint density at radius 1 is 1.52 bits per heavy atom. The smallest absolute Gasteiger partial charge is 0.271 e. The summed E-state index contributed by atoms with van der Waals surface area (Å²) in [6.45, 7) is 2.35. The van der Waals surface area contributed by atoms with Crippen LogP contribution in [0.2, 0.25) is 0 Å². The maximum atomic E-state index is 12.1. The molecule has 2 aromatic heterocycles. The number of nitrogens with one attached hydrogen (secondary N) is 1. The summed E-state index contributed by atoms with van der Waals surface area (Å²) in [5, 5.41) is 2.78. The van der Waals surface area contributed by atoms with E-state index in [4.69, 9.17) is 0 Å². The number of pyridine rings is 1. The van der Waals surface area contributed by atoms with Gasteiger partial charge in [0.25, 0.3) is 5.91 Å². The van der Waals surface area contributed by atoms with Crippen LogP contribution >= 0.6 is 0 Å². The molecule has 1 saturated heterocycles. The van der Waals surface area contributed by atoms with Gasteiger partial charge in [0.2, 0.25) is 0 Å². The van der Waals surface area contributed by atoms with E-state index in [1.54, 1.807) is 10.6 Å². The Balaban J connectivity index is 1.67. The van der Waals surface area contributed by atoms with Gasteiger partial charge in [0.1, 0.15) is 11.3 Å². The van der Waals surface area contributed by atoms with Gasteiger partial charge < -0.3 is 9.72 Å². The molecule has 3 heterocycles. The zero-order chi connectivity index (χ0) is 15.0. The number of aromatic nitrogens is 2. The fraction of sp³-hybridized carbons (Fsp3) is 0.429. The van der Waals surface area contributed by atoms with Crippen LogP contribution in [0.25, 0.3) is 5.65 Å². The van der Waals surface area contributed by atoms with Crippen LogP contribution in [0.3, 0.4) is 0 Å². The topological polar surface area (TPSA) is 80.5 Å². The predicted molar refractivity (Wildman–Crippen MR) is 79.0 cm³/mol. The Labute approximate surface area is 123 Å².